The molecule has 0 aliphatic carbocycles. The zero-order chi connectivity index (χ0) is 14.8. The van der Waals surface area contributed by atoms with Crippen molar-refractivity contribution in [1.82, 2.24) is 0 Å². The summed E-state index contributed by atoms with van der Waals surface area (Å²) in [6.07, 6.45) is 2.29. The number of aryl methyl sites for hydroxylation is 2. The Morgan fingerprint density at radius 1 is 1.24 bits per heavy atom. The van der Waals surface area contributed by atoms with Crippen molar-refractivity contribution in [3.63, 3.8) is 0 Å². The van der Waals surface area contributed by atoms with E-state index >= 15 is 0 Å². The van der Waals surface area contributed by atoms with E-state index in [2.05, 4.69) is 29.7 Å². The van der Waals surface area contributed by atoms with Gasteiger partial charge in [0.2, 0.25) is 5.91 Å². The average Bonchev–Trinajstić information content (AvgIpc) is 2.48. The first-order valence-corrected chi connectivity index (χ1v) is 7.24. The van der Waals surface area contributed by atoms with Crippen molar-refractivity contribution in [3.8, 4) is 0 Å². The predicted octanol–water partition coefficient (Wildman–Crippen LogP) is 3.46. The number of carbonyl (C=O) groups is 1. The smallest absolute Gasteiger partial charge is 0.224 e. The number of amides is 1. The van der Waals surface area contributed by atoms with E-state index in [-0.39, 0.29) is 5.91 Å². The first-order chi connectivity index (χ1) is 10.2. The van der Waals surface area contributed by atoms with Gasteiger partial charge in [0.15, 0.2) is 0 Å². The normalized spacial score (nSPS) is 13.5. The minimum atomic E-state index is 0.0539. The van der Waals surface area contributed by atoms with Crippen LogP contribution in [0.4, 0.5) is 22.7 Å². The maximum atomic E-state index is 11.4. The first kappa shape index (κ1) is 13.5. The average molecular weight is 281 g/mol. The predicted molar refractivity (Wildman–Crippen MR) is 86.9 cm³/mol. The summed E-state index contributed by atoms with van der Waals surface area (Å²) in [4.78, 5) is 11.4. The Balaban J connectivity index is 1.90. The Hall–Kier alpha value is -2.49. The summed E-state index contributed by atoms with van der Waals surface area (Å²) in [5.74, 6) is 0.0539. The highest BCUT2D eigenvalue weighted by Gasteiger charge is 2.16. The Morgan fingerprint density at radius 2 is 2.10 bits per heavy atom. The fraction of sp³-hybridized carbons (Fsp3) is 0.235. The summed E-state index contributed by atoms with van der Waals surface area (Å²) in [7, 11) is 0. The van der Waals surface area contributed by atoms with Crippen molar-refractivity contribution in [2.24, 2.45) is 0 Å². The molecule has 4 heteroatoms. The summed E-state index contributed by atoms with van der Waals surface area (Å²) in [5.41, 5.74) is 11.9. The van der Waals surface area contributed by atoms with Crippen LogP contribution < -0.4 is 16.4 Å². The minimum Gasteiger partial charge on any atom is -0.397 e. The first-order valence-electron chi connectivity index (χ1n) is 7.24. The third-order valence-electron chi connectivity index (χ3n) is 3.79. The van der Waals surface area contributed by atoms with E-state index in [1.807, 2.05) is 24.3 Å². The third kappa shape index (κ3) is 2.84. The molecule has 1 aliphatic rings. The standard InChI is InChI=1S/C17H19N3O/c1-2-11-4-3-5-13(8-11)19-16-9-12-6-7-17(21)20-15(12)10-14(16)18/h3-5,8-10,19H,2,6-7,18H2,1H3,(H,20,21). The van der Waals surface area contributed by atoms with Crippen molar-refractivity contribution >= 4 is 28.7 Å². The number of rotatable bonds is 3. The van der Waals surface area contributed by atoms with Gasteiger partial charge in [-0.15, -0.1) is 0 Å². The topological polar surface area (TPSA) is 67.2 Å². The van der Waals surface area contributed by atoms with E-state index in [0.29, 0.717) is 12.1 Å². The highest BCUT2D eigenvalue weighted by molar-refractivity contribution is 5.95. The summed E-state index contributed by atoms with van der Waals surface area (Å²) >= 11 is 0. The Kier molecular flexibility index (Phi) is 3.52. The van der Waals surface area contributed by atoms with Crippen LogP contribution >= 0.6 is 0 Å². The van der Waals surface area contributed by atoms with E-state index in [0.717, 1.165) is 35.5 Å². The van der Waals surface area contributed by atoms with Crippen LogP contribution in [-0.4, -0.2) is 5.91 Å². The van der Waals surface area contributed by atoms with Crippen LogP contribution in [0.25, 0.3) is 0 Å². The largest absolute Gasteiger partial charge is 0.397 e. The maximum Gasteiger partial charge on any atom is 0.224 e. The molecule has 0 unspecified atom stereocenters. The molecule has 0 fully saturated rings. The molecule has 0 atom stereocenters. The summed E-state index contributed by atoms with van der Waals surface area (Å²) in [5, 5.41) is 6.23. The van der Waals surface area contributed by atoms with E-state index in [9.17, 15) is 4.79 Å². The van der Waals surface area contributed by atoms with Crippen molar-refractivity contribution < 1.29 is 4.79 Å². The van der Waals surface area contributed by atoms with Gasteiger partial charge in [-0.2, -0.15) is 0 Å². The van der Waals surface area contributed by atoms with E-state index in [4.69, 9.17) is 5.73 Å². The molecular weight excluding hydrogens is 262 g/mol. The summed E-state index contributed by atoms with van der Waals surface area (Å²) in [6, 6.07) is 12.2. The van der Waals surface area contributed by atoms with Gasteiger partial charge in [0.1, 0.15) is 0 Å². The second-order valence-corrected chi connectivity index (χ2v) is 5.32. The molecular formula is C17H19N3O. The number of hydrogen-bond acceptors (Lipinski definition) is 3. The molecule has 0 bridgehead atoms. The Bertz CT molecular complexity index is 694. The van der Waals surface area contributed by atoms with Crippen LogP contribution in [0.1, 0.15) is 24.5 Å². The van der Waals surface area contributed by atoms with Crippen molar-refractivity contribution in [3.05, 3.63) is 47.5 Å². The van der Waals surface area contributed by atoms with Crippen LogP contribution in [0.15, 0.2) is 36.4 Å². The fourth-order valence-electron chi connectivity index (χ4n) is 2.58. The lowest BCUT2D eigenvalue weighted by Crippen LogP contribution is -2.19. The van der Waals surface area contributed by atoms with E-state index in [1.165, 1.54) is 5.56 Å². The van der Waals surface area contributed by atoms with Crippen LogP contribution in [0.3, 0.4) is 0 Å². The van der Waals surface area contributed by atoms with Crippen LogP contribution in [0.5, 0.6) is 0 Å². The number of nitrogens with one attached hydrogen (secondary N) is 2. The number of fused-ring (bicyclic) bond motifs is 1. The SMILES string of the molecule is CCc1cccc(Nc2cc3c(cc2N)NC(=O)CC3)c1. The number of anilines is 4. The second kappa shape index (κ2) is 5.48. The molecule has 0 aromatic heterocycles. The summed E-state index contributed by atoms with van der Waals surface area (Å²) < 4.78 is 0. The van der Waals surface area contributed by atoms with Gasteiger partial charge < -0.3 is 16.4 Å². The van der Waals surface area contributed by atoms with Crippen molar-refractivity contribution in [2.75, 3.05) is 16.4 Å². The van der Waals surface area contributed by atoms with Gasteiger partial charge in [0, 0.05) is 17.8 Å². The molecule has 0 spiro atoms. The van der Waals surface area contributed by atoms with E-state index < -0.39 is 0 Å². The number of carbonyl (C=O) groups excluding carboxylic acids is 1. The minimum absolute atomic E-state index is 0.0539. The van der Waals surface area contributed by atoms with Crippen LogP contribution in [0, 0.1) is 0 Å². The molecule has 4 nitrogen and oxygen atoms in total. The molecule has 3 rings (SSSR count). The Morgan fingerprint density at radius 3 is 2.90 bits per heavy atom. The molecule has 108 valence electrons. The fourth-order valence-corrected chi connectivity index (χ4v) is 2.58. The number of hydrogen-bond donors (Lipinski definition) is 3. The van der Waals surface area contributed by atoms with Crippen molar-refractivity contribution in [2.45, 2.75) is 26.2 Å². The van der Waals surface area contributed by atoms with Gasteiger partial charge in [-0.05, 0) is 48.2 Å². The maximum absolute atomic E-state index is 11.4. The zero-order valence-electron chi connectivity index (χ0n) is 12.1. The van der Waals surface area contributed by atoms with Crippen LogP contribution in [0.2, 0.25) is 0 Å². The molecule has 0 saturated heterocycles. The van der Waals surface area contributed by atoms with Gasteiger partial charge in [-0.25, -0.2) is 0 Å². The quantitative estimate of drug-likeness (QED) is 0.755. The van der Waals surface area contributed by atoms with Crippen LogP contribution in [-0.2, 0) is 17.6 Å². The molecule has 1 amide bonds. The van der Waals surface area contributed by atoms with Gasteiger partial charge >= 0.3 is 0 Å². The summed E-state index contributed by atoms with van der Waals surface area (Å²) in [6.45, 7) is 2.13. The highest BCUT2D eigenvalue weighted by atomic mass is 16.1. The molecule has 4 N–H and O–H groups in total. The lowest BCUT2D eigenvalue weighted by molar-refractivity contribution is -0.116. The molecule has 1 heterocycles. The van der Waals surface area contributed by atoms with Gasteiger partial charge in [0.25, 0.3) is 0 Å². The number of benzene rings is 2. The van der Waals surface area contributed by atoms with Crippen molar-refractivity contribution in [1.29, 1.82) is 0 Å². The monoisotopic (exact) mass is 281 g/mol. The third-order valence-corrected chi connectivity index (χ3v) is 3.79. The second-order valence-electron chi connectivity index (χ2n) is 5.32. The zero-order valence-corrected chi connectivity index (χ0v) is 12.1. The molecule has 2 aromatic rings. The molecule has 0 radical (unpaired) electrons. The van der Waals surface area contributed by atoms with E-state index in [1.54, 1.807) is 0 Å². The highest BCUT2D eigenvalue weighted by Crippen LogP contribution is 2.32. The molecule has 21 heavy (non-hydrogen) atoms. The van der Waals surface area contributed by atoms with Gasteiger partial charge in [-0.3, -0.25) is 4.79 Å². The number of nitrogen functional groups attached to an aromatic ring is 1. The lowest BCUT2D eigenvalue weighted by Gasteiger charge is -2.20. The molecule has 1 aliphatic heterocycles. The van der Waals surface area contributed by atoms with Gasteiger partial charge in [0.05, 0.1) is 11.4 Å². The lowest BCUT2D eigenvalue weighted by atomic mass is 10.0. The van der Waals surface area contributed by atoms with Gasteiger partial charge in [-0.1, -0.05) is 19.1 Å². The molecule has 0 saturated carbocycles. The molecule has 2 aromatic carbocycles. The number of nitrogens with two attached hydrogens (primary N) is 1. The Labute approximate surface area is 124 Å².